The fourth-order valence-corrected chi connectivity index (χ4v) is 4.67. The Morgan fingerprint density at radius 2 is 1.47 bits per heavy atom. The van der Waals surface area contributed by atoms with Gasteiger partial charge in [0.2, 0.25) is 11.8 Å². The van der Waals surface area contributed by atoms with E-state index in [-0.39, 0.29) is 30.7 Å². The lowest BCUT2D eigenvalue weighted by Gasteiger charge is -2.32. The van der Waals surface area contributed by atoms with E-state index in [2.05, 4.69) is 12.2 Å². The van der Waals surface area contributed by atoms with Crippen LogP contribution in [0, 0.1) is 0 Å². The van der Waals surface area contributed by atoms with Crippen LogP contribution in [0.2, 0.25) is 10.0 Å². The van der Waals surface area contributed by atoms with Crippen LogP contribution in [0.1, 0.15) is 62.1 Å². The molecule has 0 aliphatic rings. The van der Waals surface area contributed by atoms with Crippen molar-refractivity contribution in [3.8, 4) is 0 Å². The molecule has 0 aliphatic carbocycles. The van der Waals surface area contributed by atoms with E-state index < -0.39 is 6.04 Å². The van der Waals surface area contributed by atoms with Crippen molar-refractivity contribution >= 4 is 35.0 Å². The van der Waals surface area contributed by atoms with Crippen LogP contribution in [0.3, 0.4) is 0 Å². The van der Waals surface area contributed by atoms with E-state index in [0.717, 1.165) is 29.5 Å². The summed E-state index contributed by atoms with van der Waals surface area (Å²) in [5.74, 6) is -0.344. The van der Waals surface area contributed by atoms with E-state index in [1.165, 1.54) is 0 Å². The van der Waals surface area contributed by atoms with Crippen molar-refractivity contribution in [2.75, 3.05) is 6.54 Å². The molecule has 0 aromatic heterocycles. The summed E-state index contributed by atoms with van der Waals surface area (Å²) in [5.41, 5.74) is 2.95. The van der Waals surface area contributed by atoms with E-state index in [1.807, 2.05) is 73.7 Å². The summed E-state index contributed by atoms with van der Waals surface area (Å²) >= 11 is 12.4. The van der Waals surface area contributed by atoms with Crippen LogP contribution < -0.4 is 5.32 Å². The first-order valence-corrected chi connectivity index (χ1v) is 13.3. The van der Waals surface area contributed by atoms with Crippen molar-refractivity contribution in [1.29, 1.82) is 0 Å². The maximum absolute atomic E-state index is 14.0. The number of unbranched alkanes of at least 4 members (excludes halogenated alkanes) is 1. The van der Waals surface area contributed by atoms with Crippen LogP contribution in [-0.2, 0) is 16.1 Å². The van der Waals surface area contributed by atoms with Gasteiger partial charge in [-0.2, -0.15) is 0 Å². The van der Waals surface area contributed by atoms with Crippen molar-refractivity contribution in [1.82, 2.24) is 10.2 Å². The Labute approximate surface area is 224 Å². The van der Waals surface area contributed by atoms with Gasteiger partial charge in [0.1, 0.15) is 6.04 Å². The number of nitrogens with zero attached hydrogens (tertiary/aromatic N) is 1. The maximum Gasteiger partial charge on any atom is 0.242 e. The number of amides is 2. The Balaban J connectivity index is 1.94. The fourth-order valence-electron chi connectivity index (χ4n) is 4.35. The number of carbonyl (C=O) groups excluding carboxylic acids is 2. The van der Waals surface area contributed by atoms with Crippen LogP contribution in [0.4, 0.5) is 0 Å². The second-order valence-electron chi connectivity index (χ2n) is 8.92. The van der Waals surface area contributed by atoms with Gasteiger partial charge in [0.05, 0.1) is 10.0 Å². The highest BCUT2D eigenvalue weighted by atomic mass is 35.5. The highest BCUT2D eigenvalue weighted by Gasteiger charge is 2.30. The van der Waals surface area contributed by atoms with E-state index in [1.54, 1.807) is 17.0 Å². The monoisotopic (exact) mass is 524 g/mol. The molecule has 6 heteroatoms. The van der Waals surface area contributed by atoms with Crippen molar-refractivity contribution < 1.29 is 9.59 Å². The number of hydrogen-bond donors (Lipinski definition) is 1. The van der Waals surface area contributed by atoms with Gasteiger partial charge in [0.15, 0.2) is 0 Å². The molecule has 4 nitrogen and oxygen atoms in total. The molecular formula is C30H34Cl2N2O2. The van der Waals surface area contributed by atoms with Crippen LogP contribution in [0.5, 0.6) is 0 Å². The SMILES string of the molecule is CCCCNC(=O)[C@H](CC)N(Cc1ccc(Cl)c(Cl)c1)C(=O)CC(c1ccccc1)c1ccccc1. The van der Waals surface area contributed by atoms with Gasteiger partial charge in [-0.05, 0) is 41.7 Å². The minimum absolute atomic E-state index is 0.0868. The Hall–Kier alpha value is -2.82. The molecule has 1 atom stereocenters. The fraction of sp³-hybridized carbons (Fsp3) is 0.333. The lowest BCUT2D eigenvalue weighted by atomic mass is 9.88. The van der Waals surface area contributed by atoms with Gasteiger partial charge in [0.25, 0.3) is 0 Å². The summed E-state index contributed by atoms with van der Waals surface area (Å²) in [7, 11) is 0. The zero-order valence-corrected chi connectivity index (χ0v) is 22.4. The van der Waals surface area contributed by atoms with Gasteiger partial charge in [-0.1, -0.05) is 110 Å². The van der Waals surface area contributed by atoms with Gasteiger partial charge >= 0.3 is 0 Å². The Kier molecular flexibility index (Phi) is 10.8. The Morgan fingerprint density at radius 3 is 2.00 bits per heavy atom. The summed E-state index contributed by atoms with van der Waals surface area (Å²) in [5, 5.41) is 3.89. The molecular weight excluding hydrogens is 491 g/mol. The average Bonchev–Trinajstić information content (AvgIpc) is 2.90. The van der Waals surface area contributed by atoms with Crippen molar-refractivity contribution in [2.24, 2.45) is 0 Å². The summed E-state index contributed by atoms with van der Waals surface area (Å²) in [4.78, 5) is 28.9. The third-order valence-electron chi connectivity index (χ3n) is 6.34. The standard InChI is InChI=1S/C30H34Cl2N2O2/c1-3-5-18-33-30(36)28(4-2)34(21-22-16-17-26(31)27(32)19-22)29(35)20-25(23-12-8-6-9-13-23)24-14-10-7-11-15-24/h6-17,19,25,28H,3-5,18,20-21H2,1-2H3,(H,33,36)/t28-/m0/s1. The lowest BCUT2D eigenvalue weighted by Crippen LogP contribution is -2.49. The lowest BCUT2D eigenvalue weighted by molar-refractivity contribution is -0.141. The molecule has 0 heterocycles. The van der Waals surface area contributed by atoms with Gasteiger partial charge in [-0.25, -0.2) is 0 Å². The van der Waals surface area contributed by atoms with Crippen LogP contribution in [0.25, 0.3) is 0 Å². The molecule has 0 bridgehead atoms. The summed E-state index contributed by atoms with van der Waals surface area (Å²) < 4.78 is 0. The first kappa shape index (κ1) is 27.8. The highest BCUT2D eigenvalue weighted by molar-refractivity contribution is 6.42. The van der Waals surface area contributed by atoms with Gasteiger partial charge in [-0.3, -0.25) is 9.59 Å². The average molecular weight is 526 g/mol. The minimum atomic E-state index is -0.587. The third kappa shape index (κ3) is 7.59. The molecule has 0 unspecified atom stereocenters. The molecule has 0 radical (unpaired) electrons. The molecule has 1 N–H and O–H groups in total. The van der Waals surface area contributed by atoms with Crippen molar-refractivity contribution in [3.63, 3.8) is 0 Å². The zero-order valence-electron chi connectivity index (χ0n) is 20.9. The molecule has 3 rings (SSSR count). The molecule has 0 aliphatic heterocycles. The number of carbonyl (C=O) groups is 2. The van der Waals surface area contributed by atoms with E-state index in [4.69, 9.17) is 23.2 Å². The number of nitrogens with one attached hydrogen (secondary N) is 1. The van der Waals surface area contributed by atoms with Gasteiger partial charge in [0, 0.05) is 25.4 Å². The smallest absolute Gasteiger partial charge is 0.242 e. The predicted octanol–water partition coefficient (Wildman–Crippen LogP) is 7.24. The molecule has 0 saturated heterocycles. The zero-order chi connectivity index (χ0) is 25.9. The first-order chi connectivity index (χ1) is 17.4. The van der Waals surface area contributed by atoms with Crippen molar-refractivity contribution in [3.05, 3.63) is 106 Å². The summed E-state index contributed by atoms with van der Waals surface area (Å²) in [6.07, 6.45) is 2.63. The van der Waals surface area contributed by atoms with Gasteiger partial charge in [-0.15, -0.1) is 0 Å². The number of benzene rings is 3. The molecule has 190 valence electrons. The Morgan fingerprint density at radius 1 is 0.861 bits per heavy atom. The molecule has 0 saturated carbocycles. The third-order valence-corrected chi connectivity index (χ3v) is 7.07. The predicted molar refractivity (Wildman–Crippen MR) is 148 cm³/mol. The second kappa shape index (κ2) is 14.1. The second-order valence-corrected chi connectivity index (χ2v) is 9.73. The number of rotatable bonds is 12. The summed E-state index contributed by atoms with van der Waals surface area (Å²) in [6, 6.07) is 24.8. The minimum Gasteiger partial charge on any atom is -0.354 e. The van der Waals surface area contributed by atoms with E-state index in [0.29, 0.717) is 23.0 Å². The summed E-state index contributed by atoms with van der Waals surface area (Å²) in [6.45, 7) is 4.88. The molecule has 2 amide bonds. The van der Waals surface area contributed by atoms with Gasteiger partial charge < -0.3 is 10.2 Å². The van der Waals surface area contributed by atoms with Crippen molar-refractivity contribution in [2.45, 2.75) is 58.0 Å². The molecule has 36 heavy (non-hydrogen) atoms. The van der Waals surface area contributed by atoms with E-state index in [9.17, 15) is 9.59 Å². The normalized spacial score (nSPS) is 11.8. The highest BCUT2D eigenvalue weighted by Crippen LogP contribution is 2.30. The molecule has 3 aromatic rings. The van der Waals surface area contributed by atoms with Crippen LogP contribution in [0.15, 0.2) is 78.9 Å². The largest absolute Gasteiger partial charge is 0.354 e. The number of halogens is 2. The first-order valence-electron chi connectivity index (χ1n) is 12.6. The molecule has 3 aromatic carbocycles. The molecule has 0 spiro atoms. The maximum atomic E-state index is 14.0. The quantitative estimate of drug-likeness (QED) is 0.254. The van der Waals surface area contributed by atoms with E-state index >= 15 is 0 Å². The molecule has 0 fully saturated rings. The number of hydrogen-bond acceptors (Lipinski definition) is 2. The topological polar surface area (TPSA) is 49.4 Å². The Bertz CT molecular complexity index is 1080. The van der Waals surface area contributed by atoms with Crippen LogP contribution >= 0.6 is 23.2 Å². The van der Waals surface area contributed by atoms with Crippen LogP contribution in [-0.4, -0.2) is 29.3 Å².